The number of halogens is 2. The summed E-state index contributed by atoms with van der Waals surface area (Å²) < 4.78 is 12.7. The van der Waals surface area contributed by atoms with E-state index in [1.807, 2.05) is 22.6 Å². The predicted molar refractivity (Wildman–Crippen MR) is 33.5 cm³/mol. The summed E-state index contributed by atoms with van der Waals surface area (Å²) in [6.45, 7) is 0. The van der Waals surface area contributed by atoms with Crippen LogP contribution in [0.3, 0.4) is 0 Å². The Labute approximate surface area is 54.1 Å². The molecule has 0 amide bonds. The maximum absolute atomic E-state index is 11.9. The first-order valence-corrected chi connectivity index (χ1v) is 2.87. The third-order valence-electron chi connectivity index (χ3n) is 0.615. The Morgan fingerprint density at radius 1 is 1.57 bits per heavy atom. The average molecular weight is 211 g/mol. The number of H-pyrrole nitrogens is 1. The van der Waals surface area contributed by atoms with Crippen molar-refractivity contribution in [2.75, 3.05) is 0 Å². The molecule has 0 fully saturated rings. The van der Waals surface area contributed by atoms with E-state index in [-0.39, 0.29) is 5.95 Å². The molecular weight excluding hydrogens is 208 g/mol. The van der Waals surface area contributed by atoms with E-state index in [4.69, 9.17) is 0 Å². The second-order valence-corrected chi connectivity index (χ2v) is 2.32. The number of rotatable bonds is 0. The number of hydrogen-bond acceptors (Lipinski definition) is 0. The molecule has 7 heavy (non-hydrogen) atoms. The van der Waals surface area contributed by atoms with Crippen LogP contribution >= 0.6 is 22.6 Å². The zero-order valence-corrected chi connectivity index (χ0v) is 5.57. The Bertz CT molecular complexity index is 144. The van der Waals surface area contributed by atoms with Gasteiger partial charge in [0.1, 0.15) is 0 Å². The van der Waals surface area contributed by atoms with E-state index < -0.39 is 0 Å². The molecule has 1 N–H and O–H groups in total. The van der Waals surface area contributed by atoms with Gasteiger partial charge in [-0.05, 0) is 34.7 Å². The molecule has 0 aliphatic rings. The van der Waals surface area contributed by atoms with Crippen molar-refractivity contribution >= 4 is 22.6 Å². The molecule has 1 aromatic heterocycles. The summed E-state index contributed by atoms with van der Waals surface area (Å²) in [4.78, 5) is 2.46. The summed E-state index contributed by atoms with van der Waals surface area (Å²) in [5, 5.41) is 0. The van der Waals surface area contributed by atoms with Crippen molar-refractivity contribution in [3.63, 3.8) is 0 Å². The Morgan fingerprint density at radius 2 is 2.29 bits per heavy atom. The van der Waals surface area contributed by atoms with Crippen LogP contribution in [0.15, 0.2) is 12.1 Å². The summed E-state index contributed by atoms with van der Waals surface area (Å²) in [5.74, 6) is -0.274. The highest BCUT2D eigenvalue weighted by atomic mass is 127. The highest BCUT2D eigenvalue weighted by molar-refractivity contribution is 14.1. The zero-order valence-electron chi connectivity index (χ0n) is 3.41. The summed E-state index contributed by atoms with van der Waals surface area (Å²) in [5.41, 5.74) is 0. The molecule has 0 unspecified atom stereocenters. The Balaban J connectivity index is 3.04. The van der Waals surface area contributed by atoms with Crippen LogP contribution in [0.5, 0.6) is 0 Å². The lowest BCUT2D eigenvalue weighted by Crippen LogP contribution is -1.67. The molecule has 1 heterocycles. The number of aromatic amines is 1. The van der Waals surface area contributed by atoms with E-state index in [2.05, 4.69) is 4.98 Å². The maximum Gasteiger partial charge on any atom is 0.191 e. The Morgan fingerprint density at radius 3 is 2.43 bits per heavy atom. The van der Waals surface area contributed by atoms with Gasteiger partial charge in [-0.2, -0.15) is 4.39 Å². The molecular formula is C4H3FIN. The van der Waals surface area contributed by atoms with Crippen LogP contribution in [0, 0.1) is 9.65 Å². The van der Waals surface area contributed by atoms with Crippen LogP contribution in [0.4, 0.5) is 4.39 Å². The number of aromatic nitrogens is 1. The SMILES string of the molecule is Fc1ccc(I)[nH]1. The van der Waals surface area contributed by atoms with Gasteiger partial charge in [-0.25, -0.2) is 0 Å². The van der Waals surface area contributed by atoms with Crippen molar-refractivity contribution in [3.05, 3.63) is 21.8 Å². The van der Waals surface area contributed by atoms with Crippen molar-refractivity contribution < 1.29 is 4.39 Å². The molecule has 0 saturated carbocycles. The van der Waals surface area contributed by atoms with E-state index in [1.54, 1.807) is 6.07 Å². The van der Waals surface area contributed by atoms with Crippen molar-refractivity contribution in [2.45, 2.75) is 0 Å². The van der Waals surface area contributed by atoms with Crippen LogP contribution in [-0.4, -0.2) is 4.98 Å². The van der Waals surface area contributed by atoms with Gasteiger partial charge in [0.05, 0.1) is 3.70 Å². The van der Waals surface area contributed by atoms with Crippen LogP contribution in [0.1, 0.15) is 0 Å². The largest absolute Gasteiger partial charge is 0.327 e. The molecule has 0 spiro atoms. The maximum atomic E-state index is 11.9. The lowest BCUT2D eigenvalue weighted by atomic mass is 10.7. The van der Waals surface area contributed by atoms with Crippen LogP contribution in [0.25, 0.3) is 0 Å². The van der Waals surface area contributed by atoms with Crippen molar-refractivity contribution in [1.29, 1.82) is 0 Å². The monoisotopic (exact) mass is 211 g/mol. The predicted octanol–water partition coefficient (Wildman–Crippen LogP) is 1.76. The Kier molecular flexibility index (Phi) is 1.32. The summed E-state index contributed by atoms with van der Waals surface area (Å²) in [7, 11) is 0. The van der Waals surface area contributed by atoms with Gasteiger partial charge in [-0.3, -0.25) is 0 Å². The lowest BCUT2D eigenvalue weighted by Gasteiger charge is -1.71. The molecule has 0 aliphatic heterocycles. The van der Waals surface area contributed by atoms with Crippen LogP contribution in [-0.2, 0) is 0 Å². The van der Waals surface area contributed by atoms with E-state index >= 15 is 0 Å². The fourth-order valence-electron chi connectivity index (χ4n) is 0.344. The highest BCUT2D eigenvalue weighted by Crippen LogP contribution is 2.01. The Hall–Kier alpha value is -0.0600. The molecule has 0 bridgehead atoms. The quantitative estimate of drug-likeness (QED) is 0.629. The van der Waals surface area contributed by atoms with E-state index in [1.165, 1.54) is 6.07 Å². The number of hydrogen-bond donors (Lipinski definition) is 1. The van der Waals surface area contributed by atoms with Crippen LogP contribution < -0.4 is 0 Å². The van der Waals surface area contributed by atoms with Gasteiger partial charge in [-0.15, -0.1) is 0 Å². The molecule has 0 radical (unpaired) electrons. The minimum atomic E-state index is -0.274. The molecule has 0 saturated heterocycles. The lowest BCUT2D eigenvalue weighted by molar-refractivity contribution is 0.590. The smallest absolute Gasteiger partial charge is 0.191 e. The third kappa shape index (κ3) is 1.15. The van der Waals surface area contributed by atoms with Gasteiger partial charge in [0.2, 0.25) is 0 Å². The van der Waals surface area contributed by atoms with E-state index in [0.717, 1.165) is 3.70 Å². The molecule has 1 rings (SSSR count). The molecule has 38 valence electrons. The van der Waals surface area contributed by atoms with Crippen molar-refractivity contribution in [3.8, 4) is 0 Å². The minimum Gasteiger partial charge on any atom is -0.327 e. The van der Waals surface area contributed by atoms with E-state index in [9.17, 15) is 4.39 Å². The van der Waals surface area contributed by atoms with Gasteiger partial charge in [0.15, 0.2) is 5.95 Å². The minimum absolute atomic E-state index is 0.274. The topological polar surface area (TPSA) is 15.8 Å². The first-order chi connectivity index (χ1) is 3.29. The summed E-state index contributed by atoms with van der Waals surface area (Å²) in [6, 6.07) is 3.07. The average Bonchev–Trinajstić information content (AvgIpc) is 1.87. The summed E-state index contributed by atoms with van der Waals surface area (Å²) in [6.07, 6.45) is 0. The van der Waals surface area contributed by atoms with Crippen molar-refractivity contribution in [2.24, 2.45) is 0 Å². The highest BCUT2D eigenvalue weighted by Gasteiger charge is 1.88. The second-order valence-electron chi connectivity index (χ2n) is 1.15. The molecule has 1 aromatic rings. The van der Waals surface area contributed by atoms with Gasteiger partial charge < -0.3 is 4.98 Å². The fourth-order valence-corrected chi connectivity index (χ4v) is 0.781. The standard InChI is InChI=1S/C4H3FIN/c5-3-1-2-4(6)7-3/h1-2,7H. The molecule has 0 aromatic carbocycles. The molecule has 1 nitrogen and oxygen atoms in total. The third-order valence-corrected chi connectivity index (χ3v) is 1.24. The van der Waals surface area contributed by atoms with Gasteiger partial charge >= 0.3 is 0 Å². The van der Waals surface area contributed by atoms with Crippen molar-refractivity contribution in [1.82, 2.24) is 4.98 Å². The van der Waals surface area contributed by atoms with Gasteiger partial charge in [0.25, 0.3) is 0 Å². The van der Waals surface area contributed by atoms with Crippen LogP contribution in [0.2, 0.25) is 0 Å². The van der Waals surface area contributed by atoms with Gasteiger partial charge in [-0.1, -0.05) is 0 Å². The number of nitrogens with one attached hydrogen (secondary N) is 1. The molecule has 0 aliphatic carbocycles. The second kappa shape index (κ2) is 1.81. The van der Waals surface area contributed by atoms with Gasteiger partial charge in [0, 0.05) is 0 Å². The normalized spacial score (nSPS) is 9.43. The molecule has 0 atom stereocenters. The fraction of sp³-hybridized carbons (Fsp3) is 0. The first-order valence-electron chi connectivity index (χ1n) is 1.79. The molecule has 3 heteroatoms. The first kappa shape index (κ1) is 5.08. The zero-order chi connectivity index (χ0) is 5.28. The van der Waals surface area contributed by atoms with E-state index in [0.29, 0.717) is 0 Å². The summed E-state index contributed by atoms with van der Waals surface area (Å²) >= 11 is 2.01.